The molecule has 0 radical (unpaired) electrons. The molecule has 5 nitrogen and oxygen atoms in total. The fourth-order valence-corrected chi connectivity index (χ4v) is 4.72. The molecule has 0 N–H and O–H groups in total. The van der Waals surface area contributed by atoms with E-state index in [0.717, 1.165) is 62.0 Å². The zero-order valence-corrected chi connectivity index (χ0v) is 19.5. The number of unbranched alkanes of at least 4 members (excludes halogenated alkanes) is 6. The van der Waals surface area contributed by atoms with E-state index in [2.05, 4.69) is 16.2 Å². The third kappa shape index (κ3) is 7.87. The van der Waals surface area contributed by atoms with Crippen LogP contribution in [-0.2, 0) is 11.2 Å². The van der Waals surface area contributed by atoms with Crippen LogP contribution in [-0.4, -0.2) is 46.3 Å². The monoisotopic (exact) mass is 446 g/mol. The molecule has 2 heterocycles. The van der Waals surface area contributed by atoms with Crippen molar-refractivity contribution in [2.24, 2.45) is 0 Å². The summed E-state index contributed by atoms with van der Waals surface area (Å²) < 4.78 is 17.6. The Hall–Kier alpha value is -2.02. The van der Waals surface area contributed by atoms with Gasteiger partial charge in [0.1, 0.15) is 11.6 Å². The number of rotatable bonds is 11. The first-order valence-corrected chi connectivity index (χ1v) is 12.5. The number of anilines is 1. The second kappa shape index (κ2) is 12.7. The first-order chi connectivity index (χ1) is 15.2. The summed E-state index contributed by atoms with van der Waals surface area (Å²) in [6.45, 7) is 5.51. The van der Waals surface area contributed by atoms with E-state index in [-0.39, 0.29) is 5.82 Å². The number of carbonyl (C=O) groups excluding carboxylic acids is 1. The normalized spacial score (nSPS) is 14.6. The van der Waals surface area contributed by atoms with Crippen molar-refractivity contribution in [3.05, 3.63) is 41.5 Å². The zero-order chi connectivity index (χ0) is 21.9. The van der Waals surface area contributed by atoms with Gasteiger partial charge in [-0.25, -0.2) is 9.37 Å². The molecule has 1 aromatic carbocycles. The van der Waals surface area contributed by atoms with Crippen molar-refractivity contribution in [3.8, 4) is 0 Å². The Balaban J connectivity index is 1.41. The van der Waals surface area contributed by atoms with Crippen LogP contribution in [0, 0.1) is 5.82 Å². The van der Waals surface area contributed by atoms with Crippen LogP contribution >= 0.6 is 11.5 Å². The SMILES string of the molecule is CCCCCCCCCC(=O)N1CCCN(c2nc(Cc3ccc(F)cc3)ns2)CC1. The second-order valence-corrected chi connectivity index (χ2v) is 9.12. The minimum atomic E-state index is -0.230. The largest absolute Gasteiger partial charge is 0.345 e. The van der Waals surface area contributed by atoms with Crippen molar-refractivity contribution in [3.63, 3.8) is 0 Å². The number of carbonyl (C=O) groups is 1. The topological polar surface area (TPSA) is 49.3 Å². The Kier molecular flexibility index (Phi) is 9.72. The van der Waals surface area contributed by atoms with Crippen molar-refractivity contribution in [1.82, 2.24) is 14.3 Å². The van der Waals surface area contributed by atoms with Gasteiger partial charge in [0.25, 0.3) is 0 Å². The smallest absolute Gasteiger partial charge is 0.222 e. The molecule has 1 saturated heterocycles. The van der Waals surface area contributed by atoms with Crippen LogP contribution in [0.1, 0.15) is 76.1 Å². The first kappa shape index (κ1) is 23.6. The molecule has 0 atom stereocenters. The van der Waals surface area contributed by atoms with E-state index >= 15 is 0 Å². The summed E-state index contributed by atoms with van der Waals surface area (Å²) in [4.78, 5) is 21.6. The summed E-state index contributed by atoms with van der Waals surface area (Å²) in [6, 6.07) is 6.48. The molecule has 0 bridgehead atoms. The van der Waals surface area contributed by atoms with E-state index in [1.54, 1.807) is 12.1 Å². The summed E-state index contributed by atoms with van der Waals surface area (Å²) in [7, 11) is 0. The van der Waals surface area contributed by atoms with E-state index in [1.165, 1.54) is 55.8 Å². The standard InChI is InChI=1S/C24H35FN4OS/c1-2-3-4-5-6-7-8-10-23(30)28-15-9-16-29(18-17-28)24-26-22(27-31-24)19-20-11-13-21(25)14-12-20/h11-14H,2-10,15-19H2,1H3. The summed E-state index contributed by atoms with van der Waals surface area (Å²) in [5.74, 6) is 0.832. The Morgan fingerprint density at radius 2 is 1.74 bits per heavy atom. The maximum atomic E-state index is 13.1. The number of hydrogen-bond acceptors (Lipinski definition) is 5. The van der Waals surface area contributed by atoms with Crippen LogP contribution in [0.4, 0.5) is 9.52 Å². The highest BCUT2D eigenvalue weighted by Gasteiger charge is 2.21. The highest BCUT2D eigenvalue weighted by atomic mass is 32.1. The minimum absolute atomic E-state index is 0.230. The summed E-state index contributed by atoms with van der Waals surface area (Å²) in [5.41, 5.74) is 1.00. The molecule has 1 aromatic heterocycles. The lowest BCUT2D eigenvalue weighted by atomic mass is 10.1. The van der Waals surface area contributed by atoms with Gasteiger partial charge >= 0.3 is 0 Å². The van der Waals surface area contributed by atoms with Crippen LogP contribution in [0.2, 0.25) is 0 Å². The lowest BCUT2D eigenvalue weighted by Crippen LogP contribution is -2.35. The number of hydrogen-bond donors (Lipinski definition) is 0. The van der Waals surface area contributed by atoms with Gasteiger partial charge in [-0.1, -0.05) is 57.6 Å². The number of nitrogens with zero attached hydrogens (tertiary/aromatic N) is 4. The predicted molar refractivity (Wildman–Crippen MR) is 125 cm³/mol. The molecule has 0 saturated carbocycles. The van der Waals surface area contributed by atoms with Crippen LogP contribution in [0.5, 0.6) is 0 Å². The van der Waals surface area contributed by atoms with Crippen molar-refractivity contribution >= 4 is 22.6 Å². The summed E-state index contributed by atoms with van der Waals surface area (Å²) >= 11 is 1.41. The van der Waals surface area contributed by atoms with E-state index in [0.29, 0.717) is 18.7 Å². The molecule has 31 heavy (non-hydrogen) atoms. The maximum Gasteiger partial charge on any atom is 0.222 e. The first-order valence-electron chi connectivity index (χ1n) is 11.8. The molecule has 7 heteroatoms. The fraction of sp³-hybridized carbons (Fsp3) is 0.625. The molecule has 1 fully saturated rings. The van der Waals surface area contributed by atoms with Gasteiger partial charge in [0.2, 0.25) is 11.0 Å². The quantitative estimate of drug-likeness (QED) is 0.431. The zero-order valence-electron chi connectivity index (χ0n) is 18.7. The highest BCUT2D eigenvalue weighted by molar-refractivity contribution is 7.09. The van der Waals surface area contributed by atoms with Gasteiger partial charge in [-0.15, -0.1) is 0 Å². The van der Waals surface area contributed by atoms with Gasteiger partial charge in [-0.3, -0.25) is 4.79 Å². The Morgan fingerprint density at radius 3 is 2.52 bits per heavy atom. The van der Waals surface area contributed by atoms with Gasteiger partial charge in [0.15, 0.2) is 0 Å². The third-order valence-corrected chi connectivity index (χ3v) is 6.66. The van der Waals surface area contributed by atoms with Crippen LogP contribution in [0.3, 0.4) is 0 Å². The molecule has 170 valence electrons. The maximum absolute atomic E-state index is 13.1. The summed E-state index contributed by atoms with van der Waals surface area (Å²) in [6.07, 6.45) is 10.9. The van der Waals surface area contributed by atoms with Crippen LogP contribution < -0.4 is 4.90 Å². The van der Waals surface area contributed by atoms with Gasteiger partial charge in [-0.2, -0.15) is 4.37 Å². The van der Waals surface area contributed by atoms with E-state index < -0.39 is 0 Å². The number of aromatic nitrogens is 2. The molecule has 0 aliphatic carbocycles. The third-order valence-electron chi connectivity index (χ3n) is 5.85. The van der Waals surface area contributed by atoms with Crippen molar-refractivity contribution in [2.75, 3.05) is 31.1 Å². The number of benzene rings is 1. The highest BCUT2D eigenvalue weighted by Crippen LogP contribution is 2.21. The number of halogens is 1. The molecule has 0 spiro atoms. The molecule has 1 amide bonds. The van der Waals surface area contributed by atoms with E-state index in [1.807, 2.05) is 4.90 Å². The molecule has 3 rings (SSSR count). The molecular formula is C24H35FN4OS. The Morgan fingerprint density at radius 1 is 1.00 bits per heavy atom. The van der Waals surface area contributed by atoms with Gasteiger partial charge in [0.05, 0.1) is 0 Å². The summed E-state index contributed by atoms with van der Waals surface area (Å²) in [5, 5.41) is 0.915. The van der Waals surface area contributed by atoms with Crippen LogP contribution in [0.15, 0.2) is 24.3 Å². The van der Waals surface area contributed by atoms with E-state index in [4.69, 9.17) is 4.98 Å². The Labute approximate surface area is 189 Å². The van der Waals surface area contributed by atoms with Gasteiger partial charge in [0, 0.05) is 50.6 Å². The minimum Gasteiger partial charge on any atom is -0.345 e. The van der Waals surface area contributed by atoms with Crippen molar-refractivity contribution in [1.29, 1.82) is 0 Å². The lowest BCUT2D eigenvalue weighted by Gasteiger charge is -2.21. The van der Waals surface area contributed by atoms with Crippen molar-refractivity contribution in [2.45, 2.75) is 71.1 Å². The molecule has 1 aliphatic rings. The average molecular weight is 447 g/mol. The Bertz CT molecular complexity index is 795. The molecular weight excluding hydrogens is 411 g/mol. The van der Waals surface area contributed by atoms with Gasteiger partial charge < -0.3 is 9.80 Å². The van der Waals surface area contributed by atoms with Gasteiger partial charge in [-0.05, 0) is 30.5 Å². The molecule has 2 aromatic rings. The fourth-order valence-electron chi connectivity index (χ4n) is 3.98. The van der Waals surface area contributed by atoms with Crippen LogP contribution in [0.25, 0.3) is 0 Å². The second-order valence-electron chi connectivity index (χ2n) is 8.39. The molecule has 0 unspecified atom stereocenters. The van der Waals surface area contributed by atoms with Crippen molar-refractivity contribution < 1.29 is 9.18 Å². The average Bonchev–Trinajstić information content (AvgIpc) is 3.09. The number of amides is 1. The predicted octanol–water partition coefficient (Wildman–Crippen LogP) is 5.45. The van der Waals surface area contributed by atoms with E-state index in [9.17, 15) is 9.18 Å². The molecule has 1 aliphatic heterocycles. The lowest BCUT2D eigenvalue weighted by molar-refractivity contribution is -0.131.